The fourth-order valence-electron chi connectivity index (χ4n) is 1.93. The highest BCUT2D eigenvalue weighted by molar-refractivity contribution is 5.89. The van der Waals surface area contributed by atoms with Crippen LogP contribution in [0.3, 0.4) is 0 Å². The first-order valence-corrected chi connectivity index (χ1v) is 7.82. The van der Waals surface area contributed by atoms with E-state index in [4.69, 9.17) is 9.47 Å². The molecule has 3 N–H and O–H groups in total. The van der Waals surface area contributed by atoms with Gasteiger partial charge in [-0.3, -0.25) is 0 Å². The number of rotatable bonds is 6. The Bertz CT molecular complexity index is 555. The summed E-state index contributed by atoms with van der Waals surface area (Å²) in [5.41, 5.74) is 0.953. The third kappa shape index (κ3) is 8.38. The number of carbonyl (C=O) groups excluding carboxylic acids is 2. The van der Waals surface area contributed by atoms with Gasteiger partial charge in [0, 0.05) is 19.3 Å². The highest BCUT2D eigenvalue weighted by Crippen LogP contribution is 2.11. The van der Waals surface area contributed by atoms with E-state index in [0.29, 0.717) is 18.8 Å². The maximum absolute atomic E-state index is 11.9. The van der Waals surface area contributed by atoms with Gasteiger partial charge in [0.25, 0.3) is 0 Å². The number of benzene rings is 1. The van der Waals surface area contributed by atoms with Gasteiger partial charge in [-0.15, -0.1) is 0 Å². The zero-order chi connectivity index (χ0) is 18.2. The lowest BCUT2D eigenvalue weighted by molar-refractivity contribution is 0.0523. The molecule has 0 heterocycles. The van der Waals surface area contributed by atoms with E-state index in [0.717, 1.165) is 5.56 Å². The minimum Gasteiger partial charge on any atom is -0.444 e. The molecule has 1 rings (SSSR count). The minimum atomic E-state index is -0.537. The molecule has 7 heteroatoms. The van der Waals surface area contributed by atoms with E-state index in [2.05, 4.69) is 16.0 Å². The number of amides is 3. The lowest BCUT2D eigenvalue weighted by Crippen LogP contribution is -2.38. The summed E-state index contributed by atoms with van der Waals surface area (Å²) in [7, 11) is 1.58. The molecule has 0 aliphatic carbocycles. The molecule has 0 saturated heterocycles. The fraction of sp³-hybridized carbons (Fsp3) is 0.529. The van der Waals surface area contributed by atoms with E-state index in [-0.39, 0.29) is 12.1 Å². The molecule has 0 aliphatic heterocycles. The normalized spacial score (nSPS) is 12.2. The summed E-state index contributed by atoms with van der Waals surface area (Å²) in [6.45, 7) is 8.02. The molecule has 1 aromatic rings. The molecule has 0 fully saturated rings. The highest BCUT2D eigenvalue weighted by atomic mass is 16.6. The maximum Gasteiger partial charge on any atom is 0.407 e. The van der Waals surface area contributed by atoms with E-state index >= 15 is 0 Å². The van der Waals surface area contributed by atoms with Crippen molar-refractivity contribution >= 4 is 17.8 Å². The Balaban J connectivity index is 2.51. The molecule has 134 valence electrons. The molecule has 1 unspecified atom stereocenters. The van der Waals surface area contributed by atoms with Crippen LogP contribution < -0.4 is 16.0 Å². The molecule has 24 heavy (non-hydrogen) atoms. The van der Waals surface area contributed by atoms with Gasteiger partial charge in [-0.25, -0.2) is 9.59 Å². The van der Waals surface area contributed by atoms with E-state index < -0.39 is 11.7 Å². The van der Waals surface area contributed by atoms with Gasteiger partial charge in [-0.2, -0.15) is 0 Å². The number of hydrogen-bond acceptors (Lipinski definition) is 4. The number of carbonyl (C=O) groups is 2. The van der Waals surface area contributed by atoms with E-state index in [1.54, 1.807) is 46.1 Å². The number of urea groups is 1. The molecule has 0 saturated carbocycles. The average Bonchev–Trinajstić information content (AvgIpc) is 2.43. The molecular weight excluding hydrogens is 310 g/mol. The van der Waals surface area contributed by atoms with Gasteiger partial charge in [0.1, 0.15) is 5.60 Å². The second-order valence-electron chi connectivity index (χ2n) is 6.51. The van der Waals surface area contributed by atoms with Gasteiger partial charge >= 0.3 is 12.1 Å². The molecule has 1 atom stereocenters. The number of ether oxygens (including phenoxy) is 2. The zero-order valence-electron chi connectivity index (χ0n) is 14.9. The molecule has 0 aliphatic rings. The fourth-order valence-corrected chi connectivity index (χ4v) is 1.93. The highest BCUT2D eigenvalue weighted by Gasteiger charge is 2.15. The number of methoxy groups -OCH3 is 1. The SMILES string of the molecule is COCC(C)NC(=O)Nc1cccc(CNC(=O)OC(C)(C)C)c1. The molecule has 0 radical (unpaired) electrons. The van der Waals surface area contributed by atoms with E-state index in [9.17, 15) is 9.59 Å². The molecule has 1 aromatic carbocycles. The van der Waals surface area contributed by atoms with Crippen LogP contribution in [0, 0.1) is 0 Å². The van der Waals surface area contributed by atoms with Gasteiger partial charge in [0.15, 0.2) is 0 Å². The van der Waals surface area contributed by atoms with Crippen molar-refractivity contribution in [1.29, 1.82) is 0 Å². The van der Waals surface area contributed by atoms with Crippen LogP contribution >= 0.6 is 0 Å². The number of nitrogens with one attached hydrogen (secondary N) is 3. The quantitative estimate of drug-likeness (QED) is 0.745. The topological polar surface area (TPSA) is 88.7 Å². The lowest BCUT2D eigenvalue weighted by Gasteiger charge is -2.19. The zero-order valence-corrected chi connectivity index (χ0v) is 14.9. The van der Waals surface area contributed by atoms with Crippen LogP contribution in [0.4, 0.5) is 15.3 Å². The first-order valence-electron chi connectivity index (χ1n) is 7.82. The monoisotopic (exact) mass is 337 g/mol. The number of hydrogen-bond donors (Lipinski definition) is 3. The second kappa shape index (κ2) is 9.12. The predicted molar refractivity (Wildman–Crippen MR) is 93.0 cm³/mol. The van der Waals surface area contributed by atoms with Gasteiger partial charge < -0.3 is 25.4 Å². The summed E-state index contributed by atoms with van der Waals surface area (Å²) in [6.07, 6.45) is -0.480. The molecule has 0 spiro atoms. The van der Waals surface area contributed by atoms with Crippen molar-refractivity contribution in [1.82, 2.24) is 10.6 Å². The van der Waals surface area contributed by atoms with Gasteiger partial charge in [0.05, 0.1) is 12.6 Å². The van der Waals surface area contributed by atoms with Crippen molar-refractivity contribution in [3.8, 4) is 0 Å². The standard InChI is InChI=1S/C17H27N3O4/c1-12(11-23-5)19-15(21)20-14-8-6-7-13(9-14)10-18-16(22)24-17(2,3)4/h6-9,12H,10-11H2,1-5H3,(H,18,22)(H2,19,20,21). The Morgan fingerprint density at radius 1 is 1.25 bits per heavy atom. The first-order chi connectivity index (χ1) is 11.2. The minimum absolute atomic E-state index is 0.0907. The van der Waals surface area contributed by atoms with Crippen molar-refractivity contribution < 1.29 is 19.1 Å². The Morgan fingerprint density at radius 2 is 1.96 bits per heavy atom. The van der Waals surface area contributed by atoms with Gasteiger partial charge in [-0.1, -0.05) is 12.1 Å². The number of anilines is 1. The third-order valence-electron chi connectivity index (χ3n) is 2.81. The van der Waals surface area contributed by atoms with Crippen LogP contribution in [-0.4, -0.2) is 37.5 Å². The van der Waals surface area contributed by atoms with Crippen molar-refractivity contribution in [2.24, 2.45) is 0 Å². The molecule has 0 bridgehead atoms. The molecular formula is C17H27N3O4. The van der Waals surface area contributed by atoms with Crippen molar-refractivity contribution in [3.63, 3.8) is 0 Å². The predicted octanol–water partition coefficient (Wildman–Crippen LogP) is 2.87. The van der Waals surface area contributed by atoms with E-state index in [1.165, 1.54) is 0 Å². The summed E-state index contributed by atoms with van der Waals surface area (Å²) in [5, 5.41) is 8.19. The Labute approximate surface area is 143 Å². The summed E-state index contributed by atoms with van der Waals surface area (Å²) >= 11 is 0. The molecule has 0 aromatic heterocycles. The number of alkyl carbamates (subject to hydrolysis) is 1. The van der Waals surface area contributed by atoms with E-state index in [1.807, 2.05) is 13.0 Å². The average molecular weight is 337 g/mol. The summed E-state index contributed by atoms with van der Waals surface area (Å²) < 4.78 is 10.1. The summed E-state index contributed by atoms with van der Waals surface area (Å²) in [4.78, 5) is 23.5. The molecule has 3 amide bonds. The third-order valence-corrected chi connectivity index (χ3v) is 2.81. The van der Waals surface area contributed by atoms with Crippen molar-refractivity contribution in [2.45, 2.75) is 45.9 Å². The van der Waals surface area contributed by atoms with Crippen LogP contribution in [-0.2, 0) is 16.0 Å². The Kier molecular flexibility index (Phi) is 7.51. The lowest BCUT2D eigenvalue weighted by atomic mass is 10.2. The summed E-state index contributed by atoms with van der Waals surface area (Å²) in [6, 6.07) is 6.83. The van der Waals surface area contributed by atoms with Crippen LogP contribution in [0.15, 0.2) is 24.3 Å². The largest absolute Gasteiger partial charge is 0.444 e. The van der Waals surface area contributed by atoms with Crippen molar-refractivity contribution in [3.05, 3.63) is 29.8 Å². The Morgan fingerprint density at radius 3 is 2.58 bits per heavy atom. The Hall–Kier alpha value is -2.28. The van der Waals surface area contributed by atoms with Crippen molar-refractivity contribution in [2.75, 3.05) is 19.0 Å². The molecule has 7 nitrogen and oxygen atoms in total. The van der Waals surface area contributed by atoms with Gasteiger partial charge in [0.2, 0.25) is 0 Å². The maximum atomic E-state index is 11.9. The van der Waals surface area contributed by atoms with Crippen LogP contribution in [0.25, 0.3) is 0 Å². The summed E-state index contributed by atoms with van der Waals surface area (Å²) in [5.74, 6) is 0. The second-order valence-corrected chi connectivity index (χ2v) is 6.51. The van der Waals surface area contributed by atoms with Gasteiger partial charge in [-0.05, 0) is 45.4 Å². The van der Waals surface area contributed by atoms with Crippen LogP contribution in [0.2, 0.25) is 0 Å². The van der Waals surface area contributed by atoms with Crippen LogP contribution in [0.5, 0.6) is 0 Å². The first kappa shape index (κ1) is 19.8. The van der Waals surface area contributed by atoms with Crippen LogP contribution in [0.1, 0.15) is 33.3 Å². The smallest absolute Gasteiger partial charge is 0.407 e.